The Bertz CT molecular complexity index is 1150. The Hall–Kier alpha value is -2.01. The number of aliphatic hydroxyl groups excluding tert-OH is 3. The molecular weight excluding hydrogens is 943 g/mol. The van der Waals surface area contributed by atoms with Crippen molar-refractivity contribution >= 4 is 5.97 Å². The minimum atomic E-state index is -1.80. The Morgan fingerprint density at radius 3 is 2.09 bits per heavy atom. The zero-order valence-electron chi connectivity index (χ0n) is 34.9. The molecule has 0 spiro atoms. The van der Waals surface area contributed by atoms with Gasteiger partial charge in [-0.3, -0.25) is 4.79 Å². The number of hydrogen-bond acceptors (Lipinski definition) is 14. The second-order valence-electron chi connectivity index (χ2n) is 17.2. The van der Waals surface area contributed by atoms with Crippen molar-refractivity contribution in [2.24, 2.45) is 17.8 Å². The molecule has 3 rings (SSSR count). The average Bonchev–Trinajstić information content (AvgIpc) is 3.05. The number of nitrogens with zero attached hydrogens (tertiary/aromatic N) is 2. The second kappa shape index (κ2) is 18.3. The molecule has 0 unspecified atom stereocenters. The number of likely N-dealkylation sites (N-methyl/N-ethyl adjacent to an activating group) is 2. The van der Waals surface area contributed by atoms with Crippen molar-refractivity contribution in [3.05, 3.63) is 0 Å². The number of ether oxygens (including phenoxy) is 6. The molecule has 0 aromatic rings. The molecule has 0 saturated carbocycles. The number of rotatable bonds is 7. The maximum absolute atomic E-state index is 14.2. The minimum absolute atomic E-state index is 0. The van der Waals surface area contributed by atoms with E-state index in [4.69, 9.17) is 28.4 Å². The maximum atomic E-state index is 14.2. The van der Waals surface area contributed by atoms with Gasteiger partial charge >= 0.3 is 5.97 Å². The van der Waals surface area contributed by atoms with Gasteiger partial charge in [0.2, 0.25) is 0 Å². The van der Waals surface area contributed by atoms with Gasteiger partial charge in [-0.25, -0.2) is 0 Å². The van der Waals surface area contributed by atoms with Crippen LogP contribution in [0.5, 0.6) is 0 Å². The Kier molecular flexibility index (Phi) is 16.3. The molecule has 15 heteroatoms. The predicted molar refractivity (Wildman–Crippen MR) is 194 cm³/mol. The van der Waals surface area contributed by atoms with Crippen LogP contribution in [0.15, 0.2) is 0 Å². The van der Waals surface area contributed by atoms with E-state index in [2.05, 4.69) is 0 Å². The number of carbonyl (C=O) groups is 1. The smallest absolute Gasteiger partial charge is 0.311 e. The Labute approximate surface area is 312 Å². The zero-order chi connectivity index (χ0) is 39.7. The molecule has 0 bridgehead atoms. The van der Waals surface area contributed by atoms with Crippen molar-refractivity contribution in [1.29, 1.82) is 0 Å². The SMILES string of the molecule is CC[C@H]1OC(=O)[C@H](C)[C@@H](O[C@H]2C[C@@](C)(OC)[C@@H](O)[C@H](C)O2)[C@H](C)[C@@H](O[C@@H]2O[C@H](C)C[C@H](N(C)C)[C@H]2O)[C@](C)(O)C[C@@H](C)CN(C)[C@H](C)[C@@H](O)[C@]1(C)O.[Rf]. The van der Waals surface area contributed by atoms with Crippen molar-refractivity contribution in [1.82, 2.24) is 9.80 Å². The molecule has 0 amide bonds. The van der Waals surface area contributed by atoms with Crippen LogP contribution >= 0.6 is 0 Å². The first-order valence-electron chi connectivity index (χ1n) is 19.1. The van der Waals surface area contributed by atoms with E-state index in [9.17, 15) is 30.3 Å². The predicted octanol–water partition coefficient (Wildman–Crippen LogP) is 1.90. The van der Waals surface area contributed by atoms with Gasteiger partial charge in [-0.05, 0) is 94.8 Å². The van der Waals surface area contributed by atoms with Gasteiger partial charge in [-0.2, -0.15) is 0 Å². The first-order chi connectivity index (χ1) is 23.9. The number of carbonyl (C=O) groups excluding carboxylic acids is 1. The average molecular weight is 1020 g/mol. The summed E-state index contributed by atoms with van der Waals surface area (Å²) in [6.07, 6.45) is -8.19. The van der Waals surface area contributed by atoms with Crippen molar-refractivity contribution in [3.8, 4) is 0 Å². The molecular formula is C38H72N2O12Rf. The van der Waals surface area contributed by atoms with Crippen LogP contribution in [0.4, 0.5) is 0 Å². The molecule has 3 fully saturated rings. The van der Waals surface area contributed by atoms with E-state index in [0.29, 0.717) is 13.0 Å². The van der Waals surface area contributed by atoms with E-state index < -0.39 is 96.0 Å². The summed E-state index contributed by atoms with van der Waals surface area (Å²) in [4.78, 5) is 18.0. The van der Waals surface area contributed by atoms with Crippen LogP contribution in [0.3, 0.4) is 0 Å². The van der Waals surface area contributed by atoms with Gasteiger partial charge in [-0.15, -0.1) is 0 Å². The molecule has 308 valence electrons. The van der Waals surface area contributed by atoms with E-state index in [1.807, 2.05) is 51.7 Å². The molecule has 3 aliphatic rings. The van der Waals surface area contributed by atoms with Crippen LogP contribution < -0.4 is 0 Å². The molecule has 0 radical (unpaired) electrons. The third-order valence-corrected chi connectivity index (χ3v) is 12.2. The zero-order valence-corrected chi connectivity index (χ0v) is 41.3. The molecule has 3 aliphatic heterocycles. The molecule has 53 heavy (non-hydrogen) atoms. The Balaban J connectivity index is 0.00000972. The summed E-state index contributed by atoms with van der Waals surface area (Å²) in [7, 11) is 7.12. The van der Waals surface area contributed by atoms with Crippen LogP contribution in [0.2, 0.25) is 0 Å². The van der Waals surface area contributed by atoms with Gasteiger partial charge in [0.1, 0.15) is 30.0 Å². The van der Waals surface area contributed by atoms with Crippen molar-refractivity contribution in [3.63, 3.8) is 0 Å². The van der Waals surface area contributed by atoms with Crippen molar-refractivity contribution in [2.75, 3.05) is 34.8 Å². The molecule has 3 heterocycles. The fraction of sp³-hybridized carbons (Fsp3) is 0.974. The summed E-state index contributed by atoms with van der Waals surface area (Å²) in [5, 5.41) is 58.1. The minimum Gasteiger partial charge on any atom is -0.459 e. The first-order valence-corrected chi connectivity index (χ1v) is 19.1. The largest absolute Gasteiger partial charge is 0.459 e. The van der Waals surface area contributed by atoms with Gasteiger partial charge < -0.3 is 63.8 Å². The monoisotopic (exact) mass is 1020 g/mol. The summed E-state index contributed by atoms with van der Waals surface area (Å²) in [5.74, 6) is -2.58. The molecule has 0 aromatic carbocycles. The third kappa shape index (κ3) is 10.4. The number of aliphatic hydroxyl groups is 5. The standard InChI is InChI=1S/C38H72N2O12.Rf/c1-15-27-38(10,46)31(42)24(6)40(13)19-20(2)17-36(8,45)33(52-35-29(41)26(39(11)12)16-21(3)48-35)22(4)30(23(5)34(44)50-27)51-28-18-37(9,47-14)32(43)25(7)49-28;/h20-33,35,41-43,45-46H,15-19H2,1-14H3;/t20-,21-,22+,23-,24-,25+,26+,27-,28+,29-,30+,31-,32+,33-,35+,36-,37-,38-;/m1./s1. The number of esters is 1. The summed E-state index contributed by atoms with van der Waals surface area (Å²) >= 11 is 0. The van der Waals surface area contributed by atoms with Crippen molar-refractivity contribution < 1.29 is 58.7 Å². The molecule has 14 nitrogen and oxygen atoms in total. The van der Waals surface area contributed by atoms with Gasteiger partial charge in [0, 0.05) is 38.1 Å². The topological polar surface area (TPSA) is 180 Å². The summed E-state index contributed by atoms with van der Waals surface area (Å²) in [6.45, 7) is 18.0. The number of hydrogen-bond donors (Lipinski definition) is 5. The normalized spacial score (nSPS) is 48.7. The Morgan fingerprint density at radius 1 is 0.943 bits per heavy atom. The fourth-order valence-corrected chi connectivity index (χ4v) is 8.74. The van der Waals surface area contributed by atoms with Crippen LogP contribution in [-0.4, -0.2) is 166 Å². The van der Waals surface area contributed by atoms with Crippen LogP contribution in [0, 0.1) is 17.8 Å². The van der Waals surface area contributed by atoms with E-state index in [0.717, 1.165) is 0 Å². The van der Waals surface area contributed by atoms with Gasteiger partial charge in [-0.1, -0.05) is 20.8 Å². The molecule has 3 saturated heterocycles. The summed E-state index contributed by atoms with van der Waals surface area (Å²) < 4.78 is 37.5. The van der Waals surface area contributed by atoms with Crippen molar-refractivity contribution in [2.45, 2.75) is 185 Å². The Morgan fingerprint density at radius 2 is 1.55 bits per heavy atom. The summed E-state index contributed by atoms with van der Waals surface area (Å²) in [6, 6.07) is -0.808. The molecule has 0 aliphatic carbocycles. The molecule has 18 atom stereocenters. The molecule has 5 N–H and O–H groups in total. The third-order valence-electron chi connectivity index (χ3n) is 12.2. The number of methoxy groups -OCH3 is 1. The number of cyclic esters (lactones) is 1. The van der Waals surface area contributed by atoms with Crippen LogP contribution in [0.1, 0.15) is 94.9 Å². The second-order valence-corrected chi connectivity index (χ2v) is 17.2. The maximum Gasteiger partial charge on any atom is 0.311 e. The van der Waals surface area contributed by atoms with E-state index >= 15 is 0 Å². The van der Waals surface area contributed by atoms with Gasteiger partial charge in [0.25, 0.3) is 0 Å². The fourth-order valence-electron chi connectivity index (χ4n) is 8.74. The van der Waals surface area contributed by atoms with E-state index in [1.54, 1.807) is 41.5 Å². The van der Waals surface area contributed by atoms with Gasteiger partial charge in [0.05, 0.1) is 41.5 Å². The van der Waals surface area contributed by atoms with Crippen LogP contribution in [0.25, 0.3) is 0 Å². The van der Waals surface area contributed by atoms with E-state index in [-0.39, 0.29) is 37.3 Å². The van der Waals surface area contributed by atoms with E-state index in [1.165, 1.54) is 14.0 Å². The first kappa shape index (κ1) is 47.1. The van der Waals surface area contributed by atoms with Gasteiger partial charge in [0.15, 0.2) is 12.6 Å². The quantitative estimate of drug-likeness (QED) is 0.234. The molecule has 0 aromatic heterocycles. The van der Waals surface area contributed by atoms with Crippen LogP contribution in [-0.2, 0) is 33.2 Å². The summed E-state index contributed by atoms with van der Waals surface area (Å²) in [5.41, 5.74) is -4.37.